The van der Waals surface area contributed by atoms with E-state index >= 15 is 0 Å². The van der Waals surface area contributed by atoms with Crippen LogP contribution in [-0.2, 0) is 9.59 Å². The highest BCUT2D eigenvalue weighted by atomic mass is 35.5. The molecule has 0 saturated carbocycles. The van der Waals surface area contributed by atoms with E-state index in [4.69, 9.17) is 16.3 Å². The topological polar surface area (TPSA) is 123 Å². The molecule has 1 unspecified atom stereocenters. The quantitative estimate of drug-likeness (QED) is 0.0946. The summed E-state index contributed by atoms with van der Waals surface area (Å²) in [4.78, 5) is 43.1. The molecule has 11 heteroatoms. The smallest absolute Gasteiger partial charge is 0.301 e. The Morgan fingerprint density at radius 1 is 1.13 bits per heavy atom. The number of ketones is 1. The van der Waals surface area contributed by atoms with Gasteiger partial charge in [-0.3, -0.25) is 24.6 Å². The summed E-state index contributed by atoms with van der Waals surface area (Å²) in [7, 11) is 0. The number of aliphatic hydroxyl groups excluding tert-OH is 1. The number of carbonyl (C=O) groups is 2. The number of nitrogens with zero attached hydrogens (tertiary/aromatic N) is 3. The number of ether oxygens (including phenoxy) is 1. The summed E-state index contributed by atoms with van der Waals surface area (Å²) >= 11 is 7.28. The Kier molecular flexibility index (Phi) is 6.83. The summed E-state index contributed by atoms with van der Waals surface area (Å²) in [6.07, 6.45) is 0.832. The molecule has 1 aromatic heterocycles. The first kappa shape index (κ1) is 25.4. The fraction of sp³-hybridized carbons (Fsp3) is 0.148. The lowest BCUT2D eigenvalue weighted by Gasteiger charge is -2.22. The minimum absolute atomic E-state index is 0.150. The summed E-state index contributed by atoms with van der Waals surface area (Å²) < 4.78 is 6.30. The summed E-state index contributed by atoms with van der Waals surface area (Å²) in [6, 6.07) is 16.0. The molecular weight excluding hydrogens is 530 g/mol. The van der Waals surface area contributed by atoms with Crippen molar-refractivity contribution in [3.8, 4) is 5.75 Å². The molecule has 4 aromatic rings. The molecule has 1 N–H and O–H groups in total. The zero-order valence-corrected chi connectivity index (χ0v) is 21.5. The van der Waals surface area contributed by atoms with Crippen LogP contribution in [0.2, 0.25) is 5.02 Å². The molecule has 1 atom stereocenters. The molecule has 1 aliphatic heterocycles. The lowest BCUT2D eigenvalue weighted by Crippen LogP contribution is -2.29. The predicted molar refractivity (Wildman–Crippen MR) is 145 cm³/mol. The second kappa shape index (κ2) is 10.2. The SMILES string of the molecule is CCCOc1ccc(C(O)=C2C(=O)C(=O)N(c3nc4ccc(Cl)cc4s3)C2c2ccc([N+](=O)[O-])cc2)cc1. The van der Waals surface area contributed by atoms with Gasteiger partial charge in [-0.05, 0) is 66.6 Å². The second-order valence-electron chi connectivity index (χ2n) is 8.50. The Hall–Kier alpha value is -4.28. The number of carbonyl (C=O) groups excluding carboxylic acids is 2. The van der Waals surface area contributed by atoms with Crippen LogP contribution in [0.15, 0.2) is 72.3 Å². The van der Waals surface area contributed by atoms with Crippen molar-refractivity contribution in [2.24, 2.45) is 0 Å². The zero-order chi connectivity index (χ0) is 27.0. The Bertz CT molecular complexity index is 1600. The molecular formula is C27H20ClN3O6S. The number of halogens is 1. The number of fused-ring (bicyclic) bond motifs is 1. The maximum Gasteiger partial charge on any atom is 0.301 e. The highest BCUT2D eigenvalue weighted by Gasteiger charge is 2.48. The molecule has 3 aromatic carbocycles. The Morgan fingerprint density at radius 3 is 2.50 bits per heavy atom. The van der Waals surface area contributed by atoms with Gasteiger partial charge in [0.05, 0.1) is 33.4 Å². The van der Waals surface area contributed by atoms with Gasteiger partial charge < -0.3 is 9.84 Å². The molecule has 0 radical (unpaired) electrons. The first-order chi connectivity index (χ1) is 18.3. The Morgan fingerprint density at radius 2 is 1.84 bits per heavy atom. The monoisotopic (exact) mass is 549 g/mol. The van der Waals surface area contributed by atoms with Crippen molar-refractivity contribution in [2.45, 2.75) is 19.4 Å². The third kappa shape index (κ3) is 4.59. The van der Waals surface area contributed by atoms with Crippen molar-refractivity contribution in [2.75, 3.05) is 11.5 Å². The van der Waals surface area contributed by atoms with Crippen LogP contribution in [-0.4, -0.2) is 33.3 Å². The van der Waals surface area contributed by atoms with Crippen molar-refractivity contribution in [3.05, 3.63) is 98.6 Å². The second-order valence-corrected chi connectivity index (χ2v) is 9.94. The van der Waals surface area contributed by atoms with Gasteiger partial charge in [0.15, 0.2) is 5.13 Å². The van der Waals surface area contributed by atoms with Gasteiger partial charge in [0.1, 0.15) is 11.5 Å². The molecule has 2 heterocycles. The van der Waals surface area contributed by atoms with E-state index in [1.165, 1.54) is 40.5 Å². The van der Waals surface area contributed by atoms with Crippen LogP contribution in [0.1, 0.15) is 30.5 Å². The number of aliphatic hydroxyl groups is 1. The number of hydrogen-bond acceptors (Lipinski definition) is 8. The van der Waals surface area contributed by atoms with Crippen LogP contribution in [0.5, 0.6) is 5.75 Å². The zero-order valence-electron chi connectivity index (χ0n) is 20.0. The third-order valence-corrected chi connectivity index (χ3v) is 7.26. The molecule has 0 spiro atoms. The lowest BCUT2D eigenvalue weighted by molar-refractivity contribution is -0.384. The van der Waals surface area contributed by atoms with Crippen LogP contribution in [0.25, 0.3) is 16.0 Å². The van der Waals surface area contributed by atoms with Gasteiger partial charge in [-0.1, -0.05) is 29.9 Å². The van der Waals surface area contributed by atoms with Gasteiger partial charge in [-0.2, -0.15) is 0 Å². The number of nitro groups is 1. The number of anilines is 1. The Labute approximate surface area is 225 Å². The van der Waals surface area contributed by atoms with E-state index in [2.05, 4.69) is 4.98 Å². The largest absolute Gasteiger partial charge is 0.507 e. The molecule has 9 nitrogen and oxygen atoms in total. The van der Waals surface area contributed by atoms with Crippen LogP contribution in [0.4, 0.5) is 10.8 Å². The van der Waals surface area contributed by atoms with Gasteiger partial charge in [-0.15, -0.1) is 0 Å². The summed E-state index contributed by atoms with van der Waals surface area (Å²) in [6.45, 7) is 2.52. The standard InChI is InChI=1S/C27H20ClN3O6S/c1-2-13-37-19-10-5-16(6-11-19)24(32)22-23(15-3-8-18(9-4-15)31(35)36)30(26(34)25(22)33)27-29-20-12-7-17(28)14-21(20)38-27/h3-12,14,23,32H,2,13H2,1H3. The van der Waals surface area contributed by atoms with E-state index in [-0.39, 0.29) is 22.2 Å². The predicted octanol–water partition coefficient (Wildman–Crippen LogP) is 6.27. The fourth-order valence-electron chi connectivity index (χ4n) is 4.20. The molecule has 1 amide bonds. The average Bonchev–Trinajstić information content (AvgIpc) is 3.44. The highest BCUT2D eigenvalue weighted by molar-refractivity contribution is 7.22. The van der Waals surface area contributed by atoms with Gasteiger partial charge in [-0.25, -0.2) is 4.98 Å². The molecule has 38 heavy (non-hydrogen) atoms. The van der Waals surface area contributed by atoms with Crippen LogP contribution >= 0.6 is 22.9 Å². The van der Waals surface area contributed by atoms with Gasteiger partial charge in [0.25, 0.3) is 11.5 Å². The number of Topliss-reactive ketones (excluding diaryl/α,β-unsaturated/α-hetero) is 1. The highest BCUT2D eigenvalue weighted by Crippen LogP contribution is 2.44. The first-order valence-electron chi connectivity index (χ1n) is 11.6. The van der Waals surface area contributed by atoms with E-state index in [9.17, 15) is 24.8 Å². The number of thiazole rings is 1. The van der Waals surface area contributed by atoms with E-state index in [0.717, 1.165) is 6.42 Å². The minimum atomic E-state index is -1.07. The molecule has 0 bridgehead atoms. The number of nitro benzene ring substituents is 1. The molecule has 1 fully saturated rings. The maximum absolute atomic E-state index is 13.4. The summed E-state index contributed by atoms with van der Waals surface area (Å²) in [5, 5.41) is 23.2. The number of amides is 1. The van der Waals surface area contributed by atoms with Gasteiger partial charge in [0.2, 0.25) is 0 Å². The molecule has 0 aliphatic carbocycles. The average molecular weight is 550 g/mol. The van der Waals surface area contributed by atoms with Crippen LogP contribution < -0.4 is 9.64 Å². The maximum atomic E-state index is 13.4. The molecule has 1 aliphatic rings. The number of benzene rings is 3. The third-order valence-electron chi connectivity index (χ3n) is 6.01. The van der Waals surface area contributed by atoms with Crippen molar-refractivity contribution >= 4 is 61.4 Å². The number of rotatable bonds is 7. The van der Waals surface area contributed by atoms with Crippen molar-refractivity contribution in [1.29, 1.82) is 0 Å². The van der Waals surface area contributed by atoms with E-state index in [1.807, 2.05) is 6.92 Å². The normalized spacial score (nSPS) is 16.8. The Balaban J connectivity index is 1.65. The summed E-state index contributed by atoms with van der Waals surface area (Å²) in [5.41, 5.74) is 0.999. The fourth-order valence-corrected chi connectivity index (χ4v) is 5.47. The molecule has 1 saturated heterocycles. The lowest BCUT2D eigenvalue weighted by atomic mass is 9.95. The van der Waals surface area contributed by atoms with Gasteiger partial charge in [0, 0.05) is 22.7 Å². The van der Waals surface area contributed by atoms with Crippen molar-refractivity contribution in [1.82, 2.24) is 4.98 Å². The molecule has 5 rings (SSSR count). The molecule has 192 valence electrons. The first-order valence-corrected chi connectivity index (χ1v) is 12.8. The number of aromatic nitrogens is 1. The van der Waals surface area contributed by atoms with E-state index in [0.29, 0.717) is 38.7 Å². The number of non-ortho nitro benzene ring substituents is 1. The van der Waals surface area contributed by atoms with Crippen molar-refractivity contribution < 1.29 is 24.4 Å². The van der Waals surface area contributed by atoms with E-state index in [1.54, 1.807) is 42.5 Å². The van der Waals surface area contributed by atoms with Crippen molar-refractivity contribution in [3.63, 3.8) is 0 Å². The minimum Gasteiger partial charge on any atom is -0.507 e. The number of hydrogen-bond donors (Lipinski definition) is 1. The summed E-state index contributed by atoms with van der Waals surface area (Å²) in [5.74, 6) is -1.54. The van der Waals surface area contributed by atoms with Crippen LogP contribution in [0.3, 0.4) is 0 Å². The van der Waals surface area contributed by atoms with E-state index < -0.39 is 22.7 Å². The van der Waals surface area contributed by atoms with Crippen LogP contribution in [0, 0.1) is 10.1 Å². The van der Waals surface area contributed by atoms with Gasteiger partial charge >= 0.3 is 5.91 Å².